The highest BCUT2D eigenvalue weighted by Crippen LogP contribution is 2.20. The van der Waals surface area contributed by atoms with Gasteiger partial charge >= 0.3 is 5.97 Å². The topological polar surface area (TPSA) is 67.1 Å². The highest BCUT2D eigenvalue weighted by Gasteiger charge is 2.19. The first-order valence-corrected chi connectivity index (χ1v) is 7.19. The molecule has 2 aromatic heterocycles. The van der Waals surface area contributed by atoms with Crippen LogP contribution in [0, 0.1) is 0 Å². The minimum absolute atomic E-state index is 0.102. The van der Waals surface area contributed by atoms with Gasteiger partial charge in [0.15, 0.2) is 5.69 Å². The van der Waals surface area contributed by atoms with Gasteiger partial charge in [0, 0.05) is 0 Å². The van der Waals surface area contributed by atoms with Gasteiger partial charge in [-0.15, -0.1) is 0 Å². The average molecular weight is 289 g/mol. The molecule has 0 bridgehead atoms. The normalized spacial score (nSPS) is 16.2. The number of carboxylic acids is 1. The lowest BCUT2D eigenvalue weighted by molar-refractivity contribution is 0.0693. The molecule has 0 spiro atoms. The third-order valence-corrected chi connectivity index (χ3v) is 3.93. The number of nitrogens with zero attached hydrogens (tertiary/aromatic N) is 3. The molecule has 0 aromatic carbocycles. The molecule has 3 rings (SSSR count). The number of fused-ring (bicyclic) bond motifs is 1. The van der Waals surface area contributed by atoms with E-state index in [4.69, 9.17) is 4.74 Å². The van der Waals surface area contributed by atoms with Gasteiger partial charge in [0.25, 0.3) is 0 Å². The Labute approximate surface area is 123 Å². The lowest BCUT2D eigenvalue weighted by atomic mass is 10.1. The van der Waals surface area contributed by atoms with Crippen molar-refractivity contribution in [3.8, 4) is 5.75 Å². The number of hydrogen-bond acceptors (Lipinski definition) is 4. The zero-order valence-corrected chi connectivity index (χ0v) is 12.1. The second-order valence-electron chi connectivity index (χ2n) is 5.34. The maximum atomic E-state index is 11.4. The fourth-order valence-corrected chi connectivity index (χ4v) is 2.84. The van der Waals surface area contributed by atoms with Crippen LogP contribution in [0.15, 0.2) is 18.3 Å². The van der Waals surface area contributed by atoms with E-state index in [0.717, 1.165) is 18.9 Å². The molecule has 1 aliphatic heterocycles. The number of likely N-dealkylation sites (tertiary alicyclic amines) is 1. The Hall–Kier alpha value is -2.08. The van der Waals surface area contributed by atoms with Crippen molar-refractivity contribution in [3.63, 3.8) is 0 Å². The van der Waals surface area contributed by atoms with Gasteiger partial charge < -0.3 is 9.84 Å². The summed E-state index contributed by atoms with van der Waals surface area (Å²) in [5.74, 6) is 0.447. The molecule has 2 aromatic rings. The molecule has 1 fully saturated rings. The van der Waals surface area contributed by atoms with E-state index in [-0.39, 0.29) is 5.69 Å². The summed E-state index contributed by atoms with van der Waals surface area (Å²) >= 11 is 0. The summed E-state index contributed by atoms with van der Waals surface area (Å²) in [7, 11) is 1.60. The van der Waals surface area contributed by atoms with Gasteiger partial charge in [0.2, 0.25) is 0 Å². The number of rotatable bonds is 4. The lowest BCUT2D eigenvalue weighted by Gasteiger charge is -2.25. The molecule has 0 atom stereocenters. The standard InChI is InChI=1S/C15H19N3O3/c1-21-11-5-6-12-14(15(19)20)16-13(18(12)9-11)10-17-7-3-2-4-8-17/h5-6,9H,2-4,7-8,10H2,1H3,(H,19,20). The van der Waals surface area contributed by atoms with Crippen LogP contribution >= 0.6 is 0 Å². The van der Waals surface area contributed by atoms with Crippen LogP contribution in [-0.4, -0.2) is 45.6 Å². The summed E-state index contributed by atoms with van der Waals surface area (Å²) in [4.78, 5) is 18.0. The maximum Gasteiger partial charge on any atom is 0.356 e. The number of methoxy groups -OCH3 is 1. The van der Waals surface area contributed by atoms with Gasteiger partial charge in [-0.2, -0.15) is 0 Å². The highest BCUT2D eigenvalue weighted by molar-refractivity contribution is 5.93. The second-order valence-corrected chi connectivity index (χ2v) is 5.34. The van der Waals surface area contributed by atoms with E-state index in [0.29, 0.717) is 17.8 Å². The maximum absolute atomic E-state index is 11.4. The summed E-state index contributed by atoms with van der Waals surface area (Å²) in [6.07, 6.45) is 5.46. The molecule has 0 amide bonds. The van der Waals surface area contributed by atoms with Crippen LogP contribution in [0.3, 0.4) is 0 Å². The Morgan fingerprint density at radius 1 is 1.33 bits per heavy atom. The fourth-order valence-electron chi connectivity index (χ4n) is 2.84. The quantitative estimate of drug-likeness (QED) is 0.932. The van der Waals surface area contributed by atoms with Crippen LogP contribution in [0.5, 0.6) is 5.75 Å². The second kappa shape index (κ2) is 5.73. The zero-order chi connectivity index (χ0) is 14.8. The van der Waals surface area contributed by atoms with Crippen molar-refractivity contribution in [1.29, 1.82) is 0 Å². The van der Waals surface area contributed by atoms with Crippen molar-refractivity contribution in [2.24, 2.45) is 0 Å². The Morgan fingerprint density at radius 3 is 2.76 bits per heavy atom. The van der Waals surface area contributed by atoms with E-state index in [1.807, 2.05) is 4.40 Å². The van der Waals surface area contributed by atoms with E-state index < -0.39 is 5.97 Å². The first-order chi connectivity index (χ1) is 10.2. The molecule has 0 saturated carbocycles. The third-order valence-electron chi connectivity index (χ3n) is 3.93. The van der Waals surface area contributed by atoms with Crippen molar-refractivity contribution in [2.75, 3.05) is 20.2 Å². The van der Waals surface area contributed by atoms with Crippen LogP contribution in [0.1, 0.15) is 35.6 Å². The van der Waals surface area contributed by atoms with Crippen LogP contribution in [0.2, 0.25) is 0 Å². The molecule has 6 nitrogen and oxygen atoms in total. The molecule has 0 aliphatic carbocycles. The largest absolute Gasteiger partial charge is 0.495 e. The molecule has 6 heteroatoms. The number of aromatic carboxylic acids is 1. The molecular formula is C15H19N3O3. The third kappa shape index (κ3) is 2.71. The number of hydrogen-bond donors (Lipinski definition) is 1. The summed E-state index contributed by atoms with van der Waals surface area (Å²) in [6, 6.07) is 3.50. The SMILES string of the molecule is COc1ccc2c(C(=O)O)nc(CN3CCCCC3)n2c1. The van der Waals surface area contributed by atoms with Gasteiger partial charge in [-0.25, -0.2) is 9.78 Å². The monoisotopic (exact) mass is 289 g/mol. The number of piperidine rings is 1. The van der Waals surface area contributed by atoms with Crippen molar-refractivity contribution < 1.29 is 14.6 Å². The van der Waals surface area contributed by atoms with Crippen LogP contribution in [0.4, 0.5) is 0 Å². The predicted octanol–water partition coefficient (Wildman–Crippen LogP) is 2.03. The van der Waals surface area contributed by atoms with Gasteiger partial charge in [-0.05, 0) is 38.1 Å². The minimum Gasteiger partial charge on any atom is -0.495 e. The summed E-state index contributed by atoms with van der Waals surface area (Å²) < 4.78 is 7.06. The van der Waals surface area contributed by atoms with E-state index in [2.05, 4.69) is 9.88 Å². The minimum atomic E-state index is -0.998. The smallest absolute Gasteiger partial charge is 0.356 e. The first-order valence-electron chi connectivity index (χ1n) is 7.19. The van der Waals surface area contributed by atoms with Gasteiger partial charge in [0.05, 0.1) is 25.4 Å². The Balaban J connectivity index is 2.00. The number of aromatic nitrogens is 2. The summed E-state index contributed by atoms with van der Waals surface area (Å²) in [5.41, 5.74) is 0.708. The molecule has 0 unspecified atom stereocenters. The Kier molecular flexibility index (Phi) is 3.79. The van der Waals surface area contributed by atoms with E-state index in [9.17, 15) is 9.90 Å². The number of pyridine rings is 1. The van der Waals surface area contributed by atoms with Gasteiger partial charge in [0.1, 0.15) is 11.6 Å². The molecule has 1 saturated heterocycles. The average Bonchev–Trinajstić information content (AvgIpc) is 2.86. The molecule has 1 aliphatic rings. The molecule has 112 valence electrons. The Bertz CT molecular complexity index is 659. The lowest BCUT2D eigenvalue weighted by Crippen LogP contribution is -2.29. The molecule has 1 N–H and O–H groups in total. The highest BCUT2D eigenvalue weighted by atomic mass is 16.5. The Morgan fingerprint density at radius 2 is 2.10 bits per heavy atom. The van der Waals surface area contributed by atoms with Gasteiger partial charge in [-0.1, -0.05) is 6.42 Å². The summed E-state index contributed by atoms with van der Waals surface area (Å²) in [5, 5.41) is 9.31. The molecule has 3 heterocycles. The number of imidazole rings is 1. The summed E-state index contributed by atoms with van der Waals surface area (Å²) in [6.45, 7) is 2.75. The van der Waals surface area contributed by atoms with Crippen molar-refractivity contribution in [3.05, 3.63) is 29.8 Å². The first kappa shape index (κ1) is 13.9. The number of carboxylic acid groups (broad SMARTS) is 1. The van der Waals surface area contributed by atoms with Crippen LogP contribution in [-0.2, 0) is 6.54 Å². The van der Waals surface area contributed by atoms with Crippen LogP contribution < -0.4 is 4.74 Å². The molecule has 21 heavy (non-hydrogen) atoms. The van der Waals surface area contributed by atoms with Gasteiger partial charge in [-0.3, -0.25) is 9.30 Å². The van der Waals surface area contributed by atoms with E-state index in [1.54, 1.807) is 25.4 Å². The van der Waals surface area contributed by atoms with Crippen molar-refractivity contribution in [2.45, 2.75) is 25.8 Å². The predicted molar refractivity (Wildman–Crippen MR) is 77.8 cm³/mol. The van der Waals surface area contributed by atoms with E-state index >= 15 is 0 Å². The number of ether oxygens (including phenoxy) is 1. The number of carbonyl (C=O) groups is 1. The van der Waals surface area contributed by atoms with Crippen molar-refractivity contribution >= 4 is 11.5 Å². The molecule has 0 radical (unpaired) electrons. The fraction of sp³-hybridized carbons (Fsp3) is 0.467. The van der Waals surface area contributed by atoms with Crippen molar-refractivity contribution in [1.82, 2.24) is 14.3 Å². The zero-order valence-electron chi connectivity index (χ0n) is 12.1. The van der Waals surface area contributed by atoms with Crippen LogP contribution in [0.25, 0.3) is 5.52 Å². The van der Waals surface area contributed by atoms with E-state index in [1.165, 1.54) is 19.3 Å². The molecular weight excluding hydrogens is 270 g/mol.